The molecule has 0 bridgehead atoms. The number of ether oxygens (including phenoxy) is 1. The van der Waals surface area contributed by atoms with E-state index in [0.29, 0.717) is 22.5 Å². The lowest BCUT2D eigenvalue weighted by molar-refractivity contribution is 0.393. The van der Waals surface area contributed by atoms with Crippen LogP contribution in [0.15, 0.2) is 52.1 Å². The molecular formula is C19H18N4O4S. The number of nitrogens with zero attached hydrogens (tertiary/aromatic N) is 2. The fourth-order valence-corrected chi connectivity index (χ4v) is 4.44. The van der Waals surface area contributed by atoms with Crippen molar-refractivity contribution in [1.29, 1.82) is 0 Å². The maximum Gasteiger partial charge on any atom is 0.265 e. The first-order valence-electron chi connectivity index (χ1n) is 8.47. The Kier molecular flexibility index (Phi) is 4.31. The normalized spacial score (nSPS) is 11.7. The van der Waals surface area contributed by atoms with Crippen LogP contribution in [-0.2, 0) is 10.0 Å². The molecule has 9 heteroatoms. The lowest BCUT2D eigenvalue weighted by Gasteiger charge is -2.13. The van der Waals surface area contributed by atoms with Crippen LogP contribution in [0.5, 0.6) is 5.75 Å². The number of methoxy groups -OCH3 is 1. The first kappa shape index (κ1) is 18.1. The highest BCUT2D eigenvalue weighted by Crippen LogP contribution is 2.34. The van der Waals surface area contributed by atoms with Crippen LogP contribution in [0.1, 0.15) is 11.5 Å². The van der Waals surface area contributed by atoms with E-state index in [9.17, 15) is 8.42 Å². The number of benzene rings is 2. The summed E-state index contributed by atoms with van der Waals surface area (Å²) in [4.78, 5) is 7.33. The zero-order valence-electron chi connectivity index (χ0n) is 15.5. The van der Waals surface area contributed by atoms with Gasteiger partial charge in [-0.2, -0.15) is 0 Å². The van der Waals surface area contributed by atoms with Crippen LogP contribution in [0.3, 0.4) is 0 Å². The maximum atomic E-state index is 13.0. The Labute approximate surface area is 161 Å². The summed E-state index contributed by atoms with van der Waals surface area (Å²) in [5, 5.41) is 3.98. The molecule has 0 aliphatic heterocycles. The number of rotatable bonds is 5. The van der Waals surface area contributed by atoms with E-state index in [1.54, 1.807) is 24.3 Å². The zero-order valence-corrected chi connectivity index (χ0v) is 16.3. The summed E-state index contributed by atoms with van der Waals surface area (Å²) in [6, 6.07) is 10.0. The highest BCUT2D eigenvalue weighted by Gasteiger charge is 2.22. The van der Waals surface area contributed by atoms with Gasteiger partial charge in [0.2, 0.25) is 0 Å². The van der Waals surface area contributed by atoms with Crippen molar-refractivity contribution in [3.8, 4) is 16.9 Å². The number of para-hydroxylation sites is 1. The topological polar surface area (TPSA) is 110 Å². The van der Waals surface area contributed by atoms with Gasteiger partial charge >= 0.3 is 0 Å². The van der Waals surface area contributed by atoms with Gasteiger partial charge in [0.1, 0.15) is 21.9 Å². The number of imidazole rings is 1. The molecule has 0 spiro atoms. The summed E-state index contributed by atoms with van der Waals surface area (Å²) in [6.07, 6.45) is 1.52. The van der Waals surface area contributed by atoms with Crippen LogP contribution < -0.4 is 9.46 Å². The molecule has 2 aromatic heterocycles. The van der Waals surface area contributed by atoms with Gasteiger partial charge in [-0.15, -0.1) is 0 Å². The van der Waals surface area contributed by atoms with Crippen molar-refractivity contribution in [3.63, 3.8) is 0 Å². The summed E-state index contributed by atoms with van der Waals surface area (Å²) >= 11 is 0. The molecule has 0 saturated heterocycles. The van der Waals surface area contributed by atoms with Crippen molar-refractivity contribution in [2.75, 3.05) is 11.8 Å². The minimum atomic E-state index is -3.90. The molecular weight excluding hydrogens is 380 g/mol. The third-order valence-corrected chi connectivity index (χ3v) is 5.85. The molecule has 0 radical (unpaired) electrons. The van der Waals surface area contributed by atoms with Crippen molar-refractivity contribution in [2.24, 2.45) is 0 Å². The van der Waals surface area contributed by atoms with Crippen molar-refractivity contribution in [1.82, 2.24) is 15.1 Å². The molecule has 0 saturated carbocycles. The molecule has 28 heavy (non-hydrogen) atoms. The number of nitrogens with one attached hydrogen (secondary N) is 2. The van der Waals surface area contributed by atoms with Gasteiger partial charge < -0.3 is 14.2 Å². The predicted molar refractivity (Wildman–Crippen MR) is 105 cm³/mol. The number of aryl methyl sites for hydroxylation is 2. The van der Waals surface area contributed by atoms with Gasteiger partial charge in [-0.25, -0.2) is 13.4 Å². The number of H-pyrrole nitrogens is 1. The van der Waals surface area contributed by atoms with Crippen LogP contribution in [0.25, 0.3) is 22.2 Å². The fourth-order valence-electron chi connectivity index (χ4n) is 3.21. The van der Waals surface area contributed by atoms with Gasteiger partial charge in [-0.3, -0.25) is 4.72 Å². The Morgan fingerprint density at radius 1 is 1.18 bits per heavy atom. The van der Waals surface area contributed by atoms with Gasteiger partial charge in [0.05, 0.1) is 30.3 Å². The molecule has 8 nitrogen and oxygen atoms in total. The maximum absolute atomic E-state index is 13.0. The number of anilines is 1. The van der Waals surface area contributed by atoms with Crippen LogP contribution >= 0.6 is 0 Å². The summed E-state index contributed by atoms with van der Waals surface area (Å²) < 4.78 is 39.1. The van der Waals surface area contributed by atoms with Crippen LogP contribution in [0.4, 0.5) is 5.69 Å². The SMILES string of the molecule is COc1ccccc1S(=O)(=O)Nc1cc(-c2c(C)noc2C)cc2[nH]cnc12. The van der Waals surface area contributed by atoms with Gasteiger partial charge in [-0.05, 0) is 43.7 Å². The van der Waals surface area contributed by atoms with E-state index in [1.807, 2.05) is 19.9 Å². The van der Waals surface area contributed by atoms with E-state index in [0.717, 1.165) is 16.8 Å². The Bertz CT molecular complexity index is 1250. The molecule has 0 fully saturated rings. The van der Waals surface area contributed by atoms with E-state index >= 15 is 0 Å². The Morgan fingerprint density at radius 3 is 2.68 bits per heavy atom. The Morgan fingerprint density at radius 2 is 1.96 bits per heavy atom. The molecule has 0 aliphatic carbocycles. The molecule has 4 rings (SSSR count). The molecule has 2 heterocycles. The number of sulfonamides is 1. The van der Waals surface area contributed by atoms with E-state index < -0.39 is 10.0 Å². The van der Waals surface area contributed by atoms with E-state index in [1.165, 1.54) is 19.5 Å². The van der Waals surface area contributed by atoms with Crippen LogP contribution in [0.2, 0.25) is 0 Å². The van der Waals surface area contributed by atoms with Gasteiger partial charge in [-0.1, -0.05) is 17.3 Å². The number of hydrogen-bond acceptors (Lipinski definition) is 6. The highest BCUT2D eigenvalue weighted by atomic mass is 32.2. The second kappa shape index (κ2) is 6.68. The van der Waals surface area contributed by atoms with E-state index in [2.05, 4.69) is 19.8 Å². The lowest BCUT2D eigenvalue weighted by Crippen LogP contribution is -2.14. The third kappa shape index (κ3) is 2.99. The van der Waals surface area contributed by atoms with Crippen molar-refractivity contribution in [3.05, 3.63) is 54.2 Å². The van der Waals surface area contributed by atoms with Gasteiger partial charge in [0, 0.05) is 5.56 Å². The predicted octanol–water partition coefficient (Wildman–Crippen LogP) is 3.64. The summed E-state index contributed by atoms with van der Waals surface area (Å²) in [5.41, 5.74) is 3.85. The van der Waals surface area contributed by atoms with Crippen molar-refractivity contribution >= 4 is 26.7 Å². The largest absolute Gasteiger partial charge is 0.495 e. The fraction of sp³-hybridized carbons (Fsp3) is 0.158. The molecule has 2 N–H and O–H groups in total. The third-order valence-electron chi connectivity index (χ3n) is 4.45. The minimum Gasteiger partial charge on any atom is -0.495 e. The average Bonchev–Trinajstić information content (AvgIpc) is 3.27. The number of fused-ring (bicyclic) bond motifs is 1. The van der Waals surface area contributed by atoms with Crippen molar-refractivity contribution in [2.45, 2.75) is 18.7 Å². The van der Waals surface area contributed by atoms with E-state index in [4.69, 9.17) is 9.26 Å². The first-order valence-corrected chi connectivity index (χ1v) is 9.95. The molecule has 144 valence electrons. The lowest BCUT2D eigenvalue weighted by atomic mass is 10.0. The first-order chi connectivity index (χ1) is 13.4. The van der Waals surface area contributed by atoms with Crippen molar-refractivity contribution < 1.29 is 17.7 Å². The molecule has 4 aromatic rings. The second-order valence-corrected chi connectivity index (χ2v) is 7.93. The van der Waals surface area contributed by atoms with Gasteiger partial charge in [0.15, 0.2) is 0 Å². The molecule has 0 amide bonds. The molecule has 2 aromatic carbocycles. The average molecular weight is 398 g/mol. The molecule has 0 atom stereocenters. The Hall–Kier alpha value is -3.33. The molecule has 0 unspecified atom stereocenters. The van der Waals surface area contributed by atoms with E-state index in [-0.39, 0.29) is 10.6 Å². The summed E-state index contributed by atoms with van der Waals surface area (Å²) in [7, 11) is -2.47. The minimum absolute atomic E-state index is 0.0453. The number of aromatic amines is 1. The second-order valence-electron chi connectivity index (χ2n) is 6.28. The zero-order chi connectivity index (χ0) is 19.9. The smallest absolute Gasteiger partial charge is 0.265 e. The quantitative estimate of drug-likeness (QED) is 0.531. The van der Waals surface area contributed by atoms with Crippen LogP contribution in [-0.4, -0.2) is 30.7 Å². The highest BCUT2D eigenvalue weighted by molar-refractivity contribution is 7.92. The van der Waals surface area contributed by atoms with Crippen LogP contribution in [0, 0.1) is 13.8 Å². The monoisotopic (exact) mass is 398 g/mol. The summed E-state index contributed by atoms with van der Waals surface area (Å²) in [5.74, 6) is 0.907. The Balaban J connectivity index is 1.86. The number of hydrogen-bond donors (Lipinski definition) is 2. The molecule has 0 aliphatic rings. The number of aromatic nitrogens is 3. The van der Waals surface area contributed by atoms with Gasteiger partial charge in [0.25, 0.3) is 10.0 Å². The standard InChI is InChI=1S/C19H18N4O4S/c1-11-18(12(2)27-22-11)13-8-14-19(21-10-20-14)15(9-13)23-28(24,25)17-7-5-4-6-16(17)26-3/h4-10,23H,1-3H3,(H,20,21). The summed E-state index contributed by atoms with van der Waals surface area (Å²) in [6.45, 7) is 3.65.